The molecule has 1 aromatic heterocycles. The van der Waals surface area contributed by atoms with Crippen molar-refractivity contribution in [2.75, 3.05) is 21.3 Å². The molecule has 0 amide bonds. The maximum Gasteiger partial charge on any atom is 0.374 e. The fourth-order valence-electron chi connectivity index (χ4n) is 2.94. The van der Waals surface area contributed by atoms with E-state index >= 15 is 0 Å². The summed E-state index contributed by atoms with van der Waals surface area (Å²) in [6.45, 7) is 2.27. The Morgan fingerprint density at radius 3 is 2.41 bits per heavy atom. The Balaban J connectivity index is 1.84. The van der Waals surface area contributed by atoms with Crippen LogP contribution in [0, 0.1) is 6.92 Å². The summed E-state index contributed by atoms with van der Waals surface area (Å²) < 4.78 is 27.0. The van der Waals surface area contributed by atoms with Crippen molar-refractivity contribution in [2.45, 2.75) is 20.1 Å². The van der Waals surface area contributed by atoms with Gasteiger partial charge in [-0.25, -0.2) is 4.79 Å². The predicted molar refractivity (Wildman–Crippen MR) is 100 cm³/mol. The van der Waals surface area contributed by atoms with E-state index in [1.165, 1.54) is 0 Å². The number of carbonyl (C=O) groups is 1. The summed E-state index contributed by atoms with van der Waals surface area (Å²) in [5, 5.41) is 0.841. The van der Waals surface area contributed by atoms with Crippen LogP contribution in [0.25, 0.3) is 11.0 Å². The molecule has 2 aromatic carbocycles. The normalized spacial score (nSPS) is 10.8. The van der Waals surface area contributed by atoms with Gasteiger partial charge in [-0.3, -0.25) is 0 Å². The lowest BCUT2D eigenvalue weighted by atomic mass is 10.1. The molecular formula is C21H22O6. The van der Waals surface area contributed by atoms with Gasteiger partial charge in [0.25, 0.3) is 0 Å². The zero-order chi connectivity index (χ0) is 19.4. The first kappa shape index (κ1) is 18.8. The number of benzene rings is 2. The van der Waals surface area contributed by atoms with Gasteiger partial charge in [0.05, 0.1) is 20.8 Å². The van der Waals surface area contributed by atoms with Crippen molar-refractivity contribution in [3.05, 3.63) is 58.8 Å². The number of hydrogen-bond donors (Lipinski definition) is 0. The number of methoxy groups -OCH3 is 3. The molecule has 0 N–H and O–H groups in total. The summed E-state index contributed by atoms with van der Waals surface area (Å²) >= 11 is 0. The first-order valence-corrected chi connectivity index (χ1v) is 8.47. The molecule has 142 valence electrons. The van der Waals surface area contributed by atoms with Gasteiger partial charge in [-0.15, -0.1) is 0 Å². The maximum absolute atomic E-state index is 12.6. The van der Waals surface area contributed by atoms with Crippen LogP contribution >= 0.6 is 0 Å². The lowest BCUT2D eigenvalue weighted by Gasteiger charge is -2.13. The molecule has 3 aromatic rings. The zero-order valence-electron chi connectivity index (χ0n) is 15.8. The van der Waals surface area contributed by atoms with Gasteiger partial charge in [0, 0.05) is 18.1 Å². The first-order chi connectivity index (χ1) is 13.1. The van der Waals surface area contributed by atoms with Crippen molar-refractivity contribution < 1.29 is 28.2 Å². The summed E-state index contributed by atoms with van der Waals surface area (Å²) in [5.41, 5.74) is 3.06. The maximum atomic E-state index is 12.6. The molecule has 27 heavy (non-hydrogen) atoms. The van der Waals surface area contributed by atoms with Gasteiger partial charge < -0.3 is 23.4 Å². The minimum atomic E-state index is -0.535. The molecule has 0 radical (unpaired) electrons. The van der Waals surface area contributed by atoms with Crippen LogP contribution in [0.5, 0.6) is 11.5 Å². The smallest absolute Gasteiger partial charge is 0.374 e. The average molecular weight is 370 g/mol. The number of hydrogen-bond acceptors (Lipinski definition) is 6. The molecule has 3 rings (SSSR count). The van der Waals surface area contributed by atoms with Crippen LogP contribution in [0.1, 0.15) is 27.2 Å². The number of ether oxygens (including phenoxy) is 4. The number of rotatable bonds is 7. The molecular weight excluding hydrogens is 348 g/mol. The molecule has 6 heteroatoms. The Kier molecular flexibility index (Phi) is 5.66. The molecule has 0 spiro atoms. The summed E-state index contributed by atoms with van der Waals surface area (Å²) in [6, 6.07) is 11.1. The molecule has 0 unspecified atom stereocenters. The van der Waals surface area contributed by atoms with Crippen molar-refractivity contribution in [1.29, 1.82) is 0 Å². The van der Waals surface area contributed by atoms with Gasteiger partial charge in [0.2, 0.25) is 5.76 Å². The van der Waals surface area contributed by atoms with E-state index in [1.807, 2.05) is 37.3 Å². The third-order valence-corrected chi connectivity index (χ3v) is 4.37. The Bertz CT molecular complexity index is 957. The fraction of sp³-hybridized carbons (Fsp3) is 0.286. The number of carbonyl (C=O) groups excluding carboxylic acids is 1. The number of esters is 1. The predicted octanol–water partition coefficient (Wildman–Crippen LogP) is 4.26. The third kappa shape index (κ3) is 3.75. The van der Waals surface area contributed by atoms with E-state index in [0.717, 1.165) is 16.5 Å². The molecule has 0 atom stereocenters. The van der Waals surface area contributed by atoms with Crippen LogP contribution in [-0.2, 0) is 22.7 Å². The standard InChI is InChI=1S/C21H22O6/c1-13-9-18(24-3)19(25-4)10-14(13)11-26-21(22)20-16(12-23-2)15-7-5-6-8-17(15)27-20/h5-10H,11-12H2,1-4H3. The van der Waals surface area contributed by atoms with Gasteiger partial charge in [0.15, 0.2) is 11.5 Å². The summed E-state index contributed by atoms with van der Waals surface area (Å²) in [5.74, 6) is 0.839. The molecule has 6 nitrogen and oxygen atoms in total. The van der Waals surface area contributed by atoms with Crippen molar-refractivity contribution in [2.24, 2.45) is 0 Å². The van der Waals surface area contributed by atoms with E-state index in [4.69, 9.17) is 23.4 Å². The number of fused-ring (bicyclic) bond motifs is 1. The highest BCUT2D eigenvalue weighted by Gasteiger charge is 2.22. The van der Waals surface area contributed by atoms with Crippen LogP contribution in [0.4, 0.5) is 0 Å². The van der Waals surface area contributed by atoms with Crippen LogP contribution in [0.15, 0.2) is 40.8 Å². The minimum Gasteiger partial charge on any atom is -0.493 e. The Morgan fingerprint density at radius 2 is 1.70 bits per heavy atom. The highest BCUT2D eigenvalue weighted by molar-refractivity contribution is 5.96. The Morgan fingerprint density at radius 1 is 1.00 bits per heavy atom. The molecule has 0 aliphatic heterocycles. The van der Waals surface area contributed by atoms with E-state index in [2.05, 4.69) is 0 Å². The molecule has 0 aliphatic carbocycles. The quantitative estimate of drug-likeness (QED) is 0.579. The summed E-state index contributed by atoms with van der Waals surface area (Å²) in [7, 11) is 4.72. The van der Waals surface area contributed by atoms with E-state index in [0.29, 0.717) is 22.6 Å². The minimum absolute atomic E-state index is 0.0918. The Labute approximate surface area is 157 Å². The largest absolute Gasteiger partial charge is 0.493 e. The molecule has 0 saturated carbocycles. The number of furan rings is 1. The lowest BCUT2D eigenvalue weighted by molar-refractivity contribution is 0.0431. The van der Waals surface area contributed by atoms with Gasteiger partial charge in [0.1, 0.15) is 12.2 Å². The third-order valence-electron chi connectivity index (χ3n) is 4.37. The lowest BCUT2D eigenvalue weighted by Crippen LogP contribution is -2.08. The number of para-hydroxylation sites is 1. The summed E-state index contributed by atoms with van der Waals surface area (Å²) in [6.07, 6.45) is 0. The first-order valence-electron chi connectivity index (χ1n) is 8.47. The SMILES string of the molecule is COCc1c(C(=O)OCc2cc(OC)c(OC)cc2C)oc2ccccc12. The average Bonchev–Trinajstić information content (AvgIpc) is 3.05. The molecule has 0 saturated heterocycles. The fourth-order valence-corrected chi connectivity index (χ4v) is 2.94. The topological polar surface area (TPSA) is 67.1 Å². The van der Waals surface area contributed by atoms with Gasteiger partial charge >= 0.3 is 5.97 Å². The van der Waals surface area contributed by atoms with Crippen LogP contribution < -0.4 is 9.47 Å². The van der Waals surface area contributed by atoms with Gasteiger partial charge in [-0.1, -0.05) is 18.2 Å². The number of aryl methyl sites for hydroxylation is 1. The van der Waals surface area contributed by atoms with Gasteiger partial charge in [-0.05, 0) is 36.2 Å². The van der Waals surface area contributed by atoms with E-state index in [-0.39, 0.29) is 19.0 Å². The highest BCUT2D eigenvalue weighted by Crippen LogP contribution is 2.31. The zero-order valence-corrected chi connectivity index (χ0v) is 15.8. The molecule has 0 bridgehead atoms. The van der Waals surface area contributed by atoms with Crippen molar-refractivity contribution >= 4 is 16.9 Å². The second kappa shape index (κ2) is 8.14. The molecule has 0 fully saturated rings. The van der Waals surface area contributed by atoms with Crippen molar-refractivity contribution in [3.8, 4) is 11.5 Å². The highest BCUT2D eigenvalue weighted by atomic mass is 16.5. The van der Waals surface area contributed by atoms with Crippen molar-refractivity contribution in [1.82, 2.24) is 0 Å². The second-order valence-electron chi connectivity index (χ2n) is 6.05. The van der Waals surface area contributed by atoms with Crippen LogP contribution in [-0.4, -0.2) is 27.3 Å². The van der Waals surface area contributed by atoms with E-state index in [9.17, 15) is 4.79 Å². The van der Waals surface area contributed by atoms with Crippen molar-refractivity contribution in [3.63, 3.8) is 0 Å². The van der Waals surface area contributed by atoms with E-state index < -0.39 is 5.97 Å². The van der Waals surface area contributed by atoms with Crippen LogP contribution in [0.3, 0.4) is 0 Å². The second-order valence-corrected chi connectivity index (χ2v) is 6.05. The summed E-state index contributed by atoms with van der Waals surface area (Å²) in [4.78, 5) is 12.6. The monoisotopic (exact) mass is 370 g/mol. The van der Waals surface area contributed by atoms with Crippen LogP contribution in [0.2, 0.25) is 0 Å². The molecule has 1 heterocycles. The van der Waals surface area contributed by atoms with E-state index in [1.54, 1.807) is 27.4 Å². The van der Waals surface area contributed by atoms with Gasteiger partial charge in [-0.2, -0.15) is 0 Å². The Hall–Kier alpha value is -2.99. The molecule has 0 aliphatic rings.